The number of carbonyl (C=O) groups is 1. The molecule has 0 saturated carbocycles. The Morgan fingerprint density at radius 3 is 2.76 bits per heavy atom. The topological polar surface area (TPSA) is 50.2 Å². The van der Waals surface area contributed by atoms with Crippen LogP contribution in [-0.2, 0) is 6.42 Å². The molecule has 3 nitrogen and oxygen atoms in total. The SMILES string of the molecule is O=C(O)c1ccc(Cc2cccnc2)c(Cl)c1. The molecule has 0 atom stereocenters. The van der Waals surface area contributed by atoms with Gasteiger partial charge in [-0.1, -0.05) is 23.7 Å². The molecule has 0 bridgehead atoms. The molecular weight excluding hydrogens is 238 g/mol. The Labute approximate surface area is 104 Å². The first kappa shape index (κ1) is 11.6. The third-order valence-electron chi connectivity index (χ3n) is 2.42. The van der Waals surface area contributed by atoms with E-state index in [1.165, 1.54) is 6.07 Å². The van der Waals surface area contributed by atoms with Gasteiger partial charge in [0.1, 0.15) is 0 Å². The molecule has 2 rings (SSSR count). The van der Waals surface area contributed by atoms with E-state index >= 15 is 0 Å². The number of aromatic nitrogens is 1. The van der Waals surface area contributed by atoms with Crippen LogP contribution in [0, 0.1) is 0 Å². The molecule has 0 saturated heterocycles. The minimum absolute atomic E-state index is 0.199. The molecule has 1 aromatic carbocycles. The number of rotatable bonds is 3. The Kier molecular flexibility index (Phi) is 3.40. The highest BCUT2D eigenvalue weighted by Gasteiger charge is 2.07. The van der Waals surface area contributed by atoms with E-state index in [9.17, 15) is 4.79 Å². The van der Waals surface area contributed by atoms with Crippen LogP contribution in [0.1, 0.15) is 21.5 Å². The standard InChI is InChI=1S/C13H10ClNO2/c14-12-7-11(13(16)17)4-3-10(12)6-9-2-1-5-15-8-9/h1-5,7-8H,6H2,(H,16,17). The zero-order valence-corrected chi connectivity index (χ0v) is 9.69. The normalized spacial score (nSPS) is 10.2. The molecular formula is C13H10ClNO2. The number of carboxylic acids is 1. The molecule has 1 heterocycles. The molecule has 2 aromatic rings. The third kappa shape index (κ3) is 2.82. The zero-order valence-electron chi connectivity index (χ0n) is 8.93. The molecule has 0 unspecified atom stereocenters. The van der Waals surface area contributed by atoms with Crippen LogP contribution in [0.4, 0.5) is 0 Å². The molecule has 0 fully saturated rings. The molecule has 1 aromatic heterocycles. The van der Waals surface area contributed by atoms with Crippen LogP contribution < -0.4 is 0 Å². The Hall–Kier alpha value is -1.87. The molecule has 0 aliphatic heterocycles. The number of nitrogens with zero attached hydrogens (tertiary/aromatic N) is 1. The van der Waals surface area contributed by atoms with Gasteiger partial charge in [-0.2, -0.15) is 0 Å². The van der Waals surface area contributed by atoms with Crippen molar-refractivity contribution in [3.63, 3.8) is 0 Å². The van der Waals surface area contributed by atoms with Gasteiger partial charge in [0.15, 0.2) is 0 Å². The Morgan fingerprint density at radius 1 is 1.35 bits per heavy atom. The predicted molar refractivity (Wildman–Crippen MR) is 65.5 cm³/mol. The largest absolute Gasteiger partial charge is 0.478 e. The minimum atomic E-state index is -0.972. The lowest BCUT2D eigenvalue weighted by Crippen LogP contribution is -1.98. The lowest BCUT2D eigenvalue weighted by molar-refractivity contribution is 0.0697. The maximum absolute atomic E-state index is 10.8. The van der Waals surface area contributed by atoms with Crippen LogP contribution in [0.2, 0.25) is 5.02 Å². The Balaban J connectivity index is 2.26. The second-order valence-electron chi connectivity index (χ2n) is 3.65. The van der Waals surface area contributed by atoms with Crippen LogP contribution in [0.15, 0.2) is 42.7 Å². The zero-order chi connectivity index (χ0) is 12.3. The summed E-state index contributed by atoms with van der Waals surface area (Å²) in [6.45, 7) is 0. The number of carboxylic acid groups (broad SMARTS) is 1. The van der Waals surface area contributed by atoms with Crippen LogP contribution in [-0.4, -0.2) is 16.1 Å². The van der Waals surface area contributed by atoms with Gasteiger partial charge in [0.05, 0.1) is 5.56 Å². The average Bonchev–Trinajstić information content (AvgIpc) is 2.33. The summed E-state index contributed by atoms with van der Waals surface area (Å²) in [5, 5.41) is 9.29. The van der Waals surface area contributed by atoms with Gasteiger partial charge in [0.25, 0.3) is 0 Å². The highest BCUT2D eigenvalue weighted by Crippen LogP contribution is 2.20. The van der Waals surface area contributed by atoms with Crippen molar-refractivity contribution in [2.45, 2.75) is 6.42 Å². The molecule has 0 spiro atoms. The predicted octanol–water partition coefficient (Wildman–Crippen LogP) is 3.02. The fraction of sp³-hybridized carbons (Fsp3) is 0.0769. The van der Waals surface area contributed by atoms with Gasteiger partial charge in [0, 0.05) is 23.8 Å². The van der Waals surface area contributed by atoms with Crippen molar-refractivity contribution in [3.8, 4) is 0 Å². The summed E-state index contributed by atoms with van der Waals surface area (Å²) in [6.07, 6.45) is 4.12. The van der Waals surface area contributed by atoms with E-state index in [1.54, 1.807) is 24.5 Å². The van der Waals surface area contributed by atoms with Gasteiger partial charge in [-0.05, 0) is 29.3 Å². The van der Waals surface area contributed by atoms with Crippen molar-refractivity contribution in [1.82, 2.24) is 4.98 Å². The van der Waals surface area contributed by atoms with Gasteiger partial charge in [0.2, 0.25) is 0 Å². The van der Waals surface area contributed by atoms with Crippen molar-refractivity contribution < 1.29 is 9.90 Å². The average molecular weight is 248 g/mol. The van der Waals surface area contributed by atoms with Crippen LogP contribution >= 0.6 is 11.6 Å². The van der Waals surface area contributed by atoms with Gasteiger partial charge >= 0.3 is 5.97 Å². The molecule has 4 heteroatoms. The summed E-state index contributed by atoms with van der Waals surface area (Å²) in [7, 11) is 0. The molecule has 86 valence electrons. The molecule has 17 heavy (non-hydrogen) atoms. The maximum atomic E-state index is 10.8. The second kappa shape index (κ2) is 4.97. The summed E-state index contributed by atoms with van der Waals surface area (Å²) in [5.41, 5.74) is 2.13. The minimum Gasteiger partial charge on any atom is -0.478 e. The molecule has 0 radical (unpaired) electrons. The van der Waals surface area contributed by atoms with Gasteiger partial charge in [-0.15, -0.1) is 0 Å². The number of aromatic carboxylic acids is 1. The number of hydrogen-bond donors (Lipinski definition) is 1. The fourth-order valence-electron chi connectivity index (χ4n) is 1.55. The second-order valence-corrected chi connectivity index (χ2v) is 4.06. The summed E-state index contributed by atoms with van der Waals surface area (Å²) in [4.78, 5) is 14.8. The number of halogens is 1. The van der Waals surface area contributed by atoms with E-state index in [1.807, 2.05) is 12.1 Å². The first-order valence-electron chi connectivity index (χ1n) is 5.07. The van der Waals surface area contributed by atoms with E-state index in [4.69, 9.17) is 16.7 Å². The van der Waals surface area contributed by atoms with Crippen LogP contribution in [0.3, 0.4) is 0 Å². The summed E-state index contributed by atoms with van der Waals surface area (Å²) in [6, 6.07) is 8.57. The van der Waals surface area contributed by atoms with Crippen molar-refractivity contribution in [1.29, 1.82) is 0 Å². The smallest absolute Gasteiger partial charge is 0.335 e. The van der Waals surface area contributed by atoms with Gasteiger partial charge in [-0.3, -0.25) is 4.98 Å². The van der Waals surface area contributed by atoms with Crippen molar-refractivity contribution in [3.05, 3.63) is 64.4 Å². The molecule has 0 aliphatic rings. The maximum Gasteiger partial charge on any atom is 0.335 e. The van der Waals surface area contributed by atoms with Crippen molar-refractivity contribution >= 4 is 17.6 Å². The summed E-state index contributed by atoms with van der Waals surface area (Å²) in [5.74, 6) is -0.972. The number of pyridine rings is 1. The number of hydrogen-bond acceptors (Lipinski definition) is 2. The highest BCUT2D eigenvalue weighted by molar-refractivity contribution is 6.31. The monoisotopic (exact) mass is 247 g/mol. The number of benzene rings is 1. The van der Waals surface area contributed by atoms with Gasteiger partial charge < -0.3 is 5.11 Å². The molecule has 0 amide bonds. The molecule has 0 aliphatic carbocycles. The first-order chi connectivity index (χ1) is 8.16. The Bertz CT molecular complexity index is 540. The summed E-state index contributed by atoms with van der Waals surface area (Å²) >= 11 is 6.04. The van der Waals surface area contributed by atoms with Crippen molar-refractivity contribution in [2.24, 2.45) is 0 Å². The van der Waals surface area contributed by atoms with E-state index in [0.29, 0.717) is 11.4 Å². The lowest BCUT2D eigenvalue weighted by atomic mass is 10.0. The van der Waals surface area contributed by atoms with Crippen LogP contribution in [0.25, 0.3) is 0 Å². The van der Waals surface area contributed by atoms with Crippen LogP contribution in [0.5, 0.6) is 0 Å². The van der Waals surface area contributed by atoms with E-state index in [0.717, 1.165) is 11.1 Å². The van der Waals surface area contributed by atoms with Crippen molar-refractivity contribution in [2.75, 3.05) is 0 Å². The quantitative estimate of drug-likeness (QED) is 0.907. The first-order valence-corrected chi connectivity index (χ1v) is 5.45. The fourth-order valence-corrected chi connectivity index (χ4v) is 1.79. The van der Waals surface area contributed by atoms with E-state index < -0.39 is 5.97 Å². The highest BCUT2D eigenvalue weighted by atomic mass is 35.5. The van der Waals surface area contributed by atoms with E-state index in [2.05, 4.69) is 4.98 Å². The lowest BCUT2D eigenvalue weighted by Gasteiger charge is -2.05. The summed E-state index contributed by atoms with van der Waals surface area (Å²) < 4.78 is 0. The van der Waals surface area contributed by atoms with E-state index in [-0.39, 0.29) is 5.56 Å². The Morgan fingerprint density at radius 2 is 2.18 bits per heavy atom. The molecule has 1 N–H and O–H groups in total. The van der Waals surface area contributed by atoms with Gasteiger partial charge in [-0.25, -0.2) is 4.79 Å². The third-order valence-corrected chi connectivity index (χ3v) is 2.77.